The number of rotatable bonds is 6. The minimum absolute atomic E-state index is 0.292. The molecule has 0 aliphatic carbocycles. The fourth-order valence-electron chi connectivity index (χ4n) is 2.70. The van der Waals surface area contributed by atoms with Crippen molar-refractivity contribution in [2.24, 2.45) is 11.7 Å². The first-order valence-electron chi connectivity index (χ1n) is 7.23. The van der Waals surface area contributed by atoms with Gasteiger partial charge in [0.05, 0.1) is 0 Å². The number of nitrogens with two attached hydrogens (primary N) is 1. The summed E-state index contributed by atoms with van der Waals surface area (Å²) in [7, 11) is 0. The Morgan fingerprint density at radius 3 is 2.40 bits per heavy atom. The van der Waals surface area contributed by atoms with Crippen LogP contribution in [0.2, 0.25) is 0 Å². The highest BCUT2D eigenvalue weighted by Crippen LogP contribution is 2.24. The van der Waals surface area contributed by atoms with Gasteiger partial charge < -0.3 is 10.8 Å². The quantitative estimate of drug-likeness (QED) is 0.838. The second-order valence-corrected chi connectivity index (χ2v) is 6.37. The molecule has 1 rings (SSSR count). The molecule has 3 nitrogen and oxygen atoms in total. The molecule has 0 spiro atoms. The number of hydrogen-bond acceptors (Lipinski definition) is 2. The van der Waals surface area contributed by atoms with Crippen LogP contribution in [0.1, 0.15) is 48.9 Å². The number of benzene rings is 1. The van der Waals surface area contributed by atoms with Gasteiger partial charge in [-0.2, -0.15) is 0 Å². The Labute approximate surface area is 122 Å². The lowest BCUT2D eigenvalue weighted by Crippen LogP contribution is -2.46. The molecule has 3 N–H and O–H groups in total. The van der Waals surface area contributed by atoms with Gasteiger partial charge in [0.2, 0.25) is 0 Å². The van der Waals surface area contributed by atoms with Crippen molar-refractivity contribution in [1.29, 1.82) is 0 Å². The zero-order chi connectivity index (χ0) is 15.5. The van der Waals surface area contributed by atoms with E-state index in [9.17, 15) is 4.79 Å². The lowest BCUT2D eigenvalue weighted by molar-refractivity contribution is -0.143. The normalized spacial score (nSPS) is 15.7. The molecule has 112 valence electrons. The number of hydrogen-bond donors (Lipinski definition) is 2. The van der Waals surface area contributed by atoms with E-state index < -0.39 is 11.5 Å². The summed E-state index contributed by atoms with van der Waals surface area (Å²) in [4.78, 5) is 11.1. The van der Waals surface area contributed by atoms with Gasteiger partial charge >= 0.3 is 5.97 Å². The average molecular weight is 277 g/mol. The monoisotopic (exact) mass is 277 g/mol. The van der Waals surface area contributed by atoms with Crippen LogP contribution in [0.3, 0.4) is 0 Å². The summed E-state index contributed by atoms with van der Waals surface area (Å²) in [6.07, 6.45) is 2.45. The Bertz CT molecular complexity index is 492. The first-order chi connectivity index (χ1) is 9.15. The lowest BCUT2D eigenvalue weighted by atomic mass is 9.86. The van der Waals surface area contributed by atoms with Gasteiger partial charge in [-0.15, -0.1) is 0 Å². The molecule has 1 aromatic rings. The zero-order valence-corrected chi connectivity index (χ0v) is 13.3. The molecule has 0 aliphatic heterocycles. The van der Waals surface area contributed by atoms with Crippen molar-refractivity contribution in [3.8, 4) is 0 Å². The third-order valence-corrected chi connectivity index (χ3v) is 4.25. The van der Waals surface area contributed by atoms with E-state index in [0.717, 1.165) is 12.8 Å². The summed E-state index contributed by atoms with van der Waals surface area (Å²) in [5.41, 5.74) is 10.1. The highest BCUT2D eigenvalue weighted by atomic mass is 16.4. The van der Waals surface area contributed by atoms with Gasteiger partial charge in [-0.3, -0.25) is 4.79 Å². The van der Waals surface area contributed by atoms with E-state index >= 15 is 0 Å². The number of aliphatic carboxylic acids is 1. The van der Waals surface area contributed by atoms with Gasteiger partial charge in [0.15, 0.2) is 0 Å². The Kier molecular flexibility index (Phi) is 5.35. The molecule has 1 aromatic carbocycles. The largest absolute Gasteiger partial charge is 0.480 e. The third-order valence-electron chi connectivity index (χ3n) is 4.25. The second kappa shape index (κ2) is 6.40. The minimum atomic E-state index is -1.13. The maximum atomic E-state index is 11.1. The van der Waals surface area contributed by atoms with Crippen LogP contribution >= 0.6 is 0 Å². The number of carbonyl (C=O) groups is 1. The fraction of sp³-hybridized carbons (Fsp3) is 0.588. The van der Waals surface area contributed by atoms with Gasteiger partial charge in [0.1, 0.15) is 5.54 Å². The van der Waals surface area contributed by atoms with Crippen LogP contribution in [0, 0.1) is 26.7 Å². The summed E-state index contributed by atoms with van der Waals surface area (Å²) >= 11 is 0. The molecule has 0 bridgehead atoms. The molecule has 0 aliphatic rings. The number of carboxylic acids is 1. The molecule has 3 heteroatoms. The van der Waals surface area contributed by atoms with Gasteiger partial charge in [0.25, 0.3) is 0 Å². The van der Waals surface area contributed by atoms with Crippen LogP contribution in [-0.4, -0.2) is 16.6 Å². The fourth-order valence-corrected chi connectivity index (χ4v) is 2.70. The van der Waals surface area contributed by atoms with Crippen LogP contribution in [0.15, 0.2) is 12.1 Å². The van der Waals surface area contributed by atoms with Gasteiger partial charge in [-0.1, -0.05) is 19.1 Å². The Morgan fingerprint density at radius 2 is 1.85 bits per heavy atom. The Morgan fingerprint density at radius 1 is 1.30 bits per heavy atom. The van der Waals surface area contributed by atoms with E-state index in [-0.39, 0.29) is 0 Å². The van der Waals surface area contributed by atoms with Crippen molar-refractivity contribution in [2.45, 2.75) is 59.4 Å². The van der Waals surface area contributed by atoms with E-state index in [1.807, 2.05) is 0 Å². The standard InChI is InChI=1S/C17H27NO2/c1-11(10-17(5,18)16(19)20)6-9-15-13(3)8-7-12(2)14(15)4/h7-8,11H,6,9-10,18H2,1-5H3,(H,19,20). The van der Waals surface area contributed by atoms with Crippen LogP contribution in [0.4, 0.5) is 0 Å². The molecule has 0 saturated carbocycles. The van der Waals surface area contributed by atoms with Crippen molar-refractivity contribution in [3.63, 3.8) is 0 Å². The van der Waals surface area contributed by atoms with E-state index in [0.29, 0.717) is 12.3 Å². The van der Waals surface area contributed by atoms with E-state index in [4.69, 9.17) is 10.8 Å². The third kappa shape index (κ3) is 4.07. The maximum absolute atomic E-state index is 11.1. The topological polar surface area (TPSA) is 63.3 Å². The molecule has 20 heavy (non-hydrogen) atoms. The van der Waals surface area contributed by atoms with Crippen molar-refractivity contribution < 1.29 is 9.90 Å². The molecule has 0 amide bonds. The predicted molar refractivity (Wildman–Crippen MR) is 83.0 cm³/mol. The van der Waals surface area contributed by atoms with Gasteiger partial charge in [0, 0.05) is 0 Å². The highest BCUT2D eigenvalue weighted by molar-refractivity contribution is 5.77. The van der Waals surface area contributed by atoms with Gasteiger partial charge in [-0.25, -0.2) is 0 Å². The molecule has 0 saturated heterocycles. The van der Waals surface area contributed by atoms with Gasteiger partial charge in [-0.05, 0) is 75.1 Å². The summed E-state index contributed by atoms with van der Waals surface area (Å²) in [6, 6.07) is 4.31. The van der Waals surface area contributed by atoms with Crippen molar-refractivity contribution >= 4 is 5.97 Å². The molecular weight excluding hydrogens is 250 g/mol. The first kappa shape index (κ1) is 16.7. The van der Waals surface area contributed by atoms with Crippen LogP contribution < -0.4 is 5.73 Å². The van der Waals surface area contributed by atoms with Crippen LogP contribution in [0.25, 0.3) is 0 Å². The molecule has 0 aromatic heterocycles. The van der Waals surface area contributed by atoms with Crippen LogP contribution in [-0.2, 0) is 11.2 Å². The second-order valence-electron chi connectivity index (χ2n) is 6.37. The smallest absolute Gasteiger partial charge is 0.323 e. The molecule has 2 atom stereocenters. The van der Waals surface area contributed by atoms with Crippen molar-refractivity contribution in [1.82, 2.24) is 0 Å². The van der Waals surface area contributed by atoms with E-state index in [2.05, 4.69) is 39.8 Å². The molecule has 2 unspecified atom stereocenters. The molecule has 0 fully saturated rings. The summed E-state index contributed by atoms with van der Waals surface area (Å²) < 4.78 is 0. The zero-order valence-electron chi connectivity index (χ0n) is 13.3. The number of carboxylic acid groups (broad SMARTS) is 1. The SMILES string of the molecule is Cc1ccc(C)c(CCC(C)CC(C)(N)C(=O)O)c1C. The Balaban J connectivity index is 2.69. The lowest BCUT2D eigenvalue weighted by Gasteiger charge is -2.24. The molecular formula is C17H27NO2. The van der Waals surface area contributed by atoms with Crippen molar-refractivity contribution in [3.05, 3.63) is 34.4 Å². The van der Waals surface area contributed by atoms with E-state index in [1.165, 1.54) is 22.3 Å². The summed E-state index contributed by atoms with van der Waals surface area (Å²) in [5, 5.41) is 9.08. The highest BCUT2D eigenvalue weighted by Gasteiger charge is 2.29. The Hall–Kier alpha value is -1.35. The average Bonchev–Trinajstić information content (AvgIpc) is 2.33. The predicted octanol–water partition coefficient (Wildman–Crippen LogP) is 3.37. The van der Waals surface area contributed by atoms with Crippen molar-refractivity contribution in [2.75, 3.05) is 0 Å². The minimum Gasteiger partial charge on any atom is -0.480 e. The molecule has 0 radical (unpaired) electrons. The maximum Gasteiger partial charge on any atom is 0.323 e. The molecule has 0 heterocycles. The summed E-state index contributed by atoms with van der Waals surface area (Å²) in [5.74, 6) is -0.632. The number of aryl methyl sites for hydroxylation is 2. The first-order valence-corrected chi connectivity index (χ1v) is 7.23. The van der Waals surface area contributed by atoms with Crippen LogP contribution in [0.5, 0.6) is 0 Å². The van der Waals surface area contributed by atoms with E-state index in [1.54, 1.807) is 6.92 Å². The summed E-state index contributed by atoms with van der Waals surface area (Å²) in [6.45, 7) is 10.1.